The summed E-state index contributed by atoms with van der Waals surface area (Å²) in [6.07, 6.45) is -0.109. The molecule has 120 valence electrons. The number of rotatable bonds is 6. The van der Waals surface area contributed by atoms with E-state index in [1.54, 1.807) is 0 Å². The summed E-state index contributed by atoms with van der Waals surface area (Å²) in [5.74, 6) is 1.40. The lowest BCUT2D eigenvalue weighted by Crippen LogP contribution is -2.44. The lowest BCUT2D eigenvalue weighted by atomic mass is 9.89. The van der Waals surface area contributed by atoms with Gasteiger partial charge in [0.2, 0.25) is 5.89 Å². The van der Waals surface area contributed by atoms with E-state index in [9.17, 15) is 9.90 Å². The zero-order chi connectivity index (χ0) is 16.0. The quantitative estimate of drug-likeness (QED) is 0.738. The SMILES string of the molecule is CC(C)c1noc(CCNC(=O)NCC(O)C(C)(C)C)n1. The molecule has 1 rings (SSSR count). The van der Waals surface area contributed by atoms with Crippen molar-refractivity contribution in [2.24, 2.45) is 5.41 Å². The molecule has 1 atom stereocenters. The summed E-state index contributed by atoms with van der Waals surface area (Å²) in [6.45, 7) is 10.3. The van der Waals surface area contributed by atoms with Gasteiger partial charge in [-0.1, -0.05) is 39.8 Å². The highest BCUT2D eigenvalue weighted by Crippen LogP contribution is 2.17. The predicted octanol–water partition coefficient (Wildman–Crippen LogP) is 1.44. The van der Waals surface area contributed by atoms with E-state index in [1.807, 2.05) is 34.6 Å². The van der Waals surface area contributed by atoms with Gasteiger partial charge in [0.15, 0.2) is 5.82 Å². The second kappa shape index (κ2) is 7.40. The highest BCUT2D eigenvalue weighted by Gasteiger charge is 2.22. The van der Waals surface area contributed by atoms with Crippen LogP contribution >= 0.6 is 0 Å². The van der Waals surface area contributed by atoms with Crippen molar-refractivity contribution in [2.75, 3.05) is 13.1 Å². The van der Waals surface area contributed by atoms with Crippen LogP contribution in [0.2, 0.25) is 0 Å². The third-order valence-corrected chi connectivity index (χ3v) is 3.08. The lowest BCUT2D eigenvalue weighted by Gasteiger charge is -2.25. The first-order chi connectivity index (χ1) is 9.70. The molecule has 0 spiro atoms. The molecule has 0 bridgehead atoms. The largest absolute Gasteiger partial charge is 0.391 e. The van der Waals surface area contributed by atoms with Gasteiger partial charge in [-0.05, 0) is 5.41 Å². The number of aromatic nitrogens is 2. The first-order valence-corrected chi connectivity index (χ1v) is 7.22. The van der Waals surface area contributed by atoms with Crippen LogP contribution in [0.3, 0.4) is 0 Å². The Morgan fingerprint density at radius 2 is 2.00 bits per heavy atom. The minimum atomic E-state index is -0.590. The molecule has 2 amide bonds. The van der Waals surface area contributed by atoms with Crippen LogP contribution in [0.15, 0.2) is 4.52 Å². The normalized spacial score (nSPS) is 13.3. The van der Waals surface area contributed by atoms with Crippen molar-refractivity contribution in [2.45, 2.75) is 53.1 Å². The lowest BCUT2D eigenvalue weighted by molar-refractivity contribution is 0.0650. The summed E-state index contributed by atoms with van der Waals surface area (Å²) in [7, 11) is 0. The highest BCUT2D eigenvalue weighted by atomic mass is 16.5. The van der Waals surface area contributed by atoms with Crippen LogP contribution < -0.4 is 10.6 Å². The number of aliphatic hydroxyl groups is 1. The van der Waals surface area contributed by atoms with Gasteiger partial charge < -0.3 is 20.3 Å². The van der Waals surface area contributed by atoms with Gasteiger partial charge in [-0.3, -0.25) is 0 Å². The van der Waals surface area contributed by atoms with Crippen LogP contribution in [-0.2, 0) is 6.42 Å². The third kappa shape index (κ3) is 6.12. The van der Waals surface area contributed by atoms with Crippen LogP contribution in [0, 0.1) is 5.41 Å². The Balaban J connectivity index is 2.24. The van der Waals surface area contributed by atoms with E-state index >= 15 is 0 Å². The smallest absolute Gasteiger partial charge is 0.314 e. The Labute approximate surface area is 125 Å². The Bertz CT molecular complexity index is 451. The number of urea groups is 1. The van der Waals surface area contributed by atoms with Gasteiger partial charge in [-0.25, -0.2) is 4.79 Å². The molecule has 0 aliphatic rings. The fourth-order valence-electron chi connectivity index (χ4n) is 1.45. The summed E-state index contributed by atoms with van der Waals surface area (Å²) in [6, 6.07) is -0.318. The van der Waals surface area contributed by atoms with Gasteiger partial charge in [-0.15, -0.1) is 0 Å². The average Bonchev–Trinajstić information content (AvgIpc) is 2.83. The van der Waals surface area contributed by atoms with Crippen LogP contribution in [0.4, 0.5) is 4.79 Å². The van der Waals surface area contributed by atoms with Gasteiger partial charge in [0.05, 0.1) is 6.10 Å². The van der Waals surface area contributed by atoms with E-state index < -0.39 is 6.10 Å². The van der Waals surface area contributed by atoms with Gasteiger partial charge in [0.1, 0.15) is 0 Å². The monoisotopic (exact) mass is 298 g/mol. The third-order valence-electron chi connectivity index (χ3n) is 3.08. The van der Waals surface area contributed by atoms with E-state index in [1.165, 1.54) is 0 Å². The molecule has 3 N–H and O–H groups in total. The van der Waals surface area contributed by atoms with Gasteiger partial charge in [0, 0.05) is 25.4 Å². The van der Waals surface area contributed by atoms with E-state index in [-0.39, 0.29) is 23.9 Å². The maximum absolute atomic E-state index is 11.6. The molecule has 0 aliphatic heterocycles. The van der Waals surface area contributed by atoms with E-state index in [2.05, 4.69) is 20.8 Å². The molecule has 1 aromatic rings. The number of hydrogen-bond donors (Lipinski definition) is 3. The Kier molecular flexibility index (Phi) is 6.14. The number of nitrogens with zero attached hydrogens (tertiary/aromatic N) is 2. The summed E-state index contributed by atoms with van der Waals surface area (Å²) < 4.78 is 5.08. The molecular weight excluding hydrogens is 272 g/mol. The van der Waals surface area contributed by atoms with E-state index in [0.717, 1.165) is 0 Å². The second-order valence-electron chi connectivity index (χ2n) is 6.47. The summed E-state index contributed by atoms with van der Waals surface area (Å²) >= 11 is 0. The maximum Gasteiger partial charge on any atom is 0.314 e. The van der Waals surface area contributed by atoms with Crippen LogP contribution in [0.5, 0.6) is 0 Å². The molecule has 0 aliphatic carbocycles. The molecule has 0 saturated carbocycles. The molecule has 7 nitrogen and oxygen atoms in total. The molecule has 7 heteroatoms. The Morgan fingerprint density at radius 3 is 2.52 bits per heavy atom. The fourth-order valence-corrected chi connectivity index (χ4v) is 1.45. The molecule has 0 radical (unpaired) electrons. The minimum Gasteiger partial charge on any atom is -0.391 e. The van der Waals surface area contributed by atoms with Crippen molar-refractivity contribution in [3.8, 4) is 0 Å². The molecule has 1 aromatic heterocycles. The van der Waals surface area contributed by atoms with Crippen molar-refractivity contribution in [3.63, 3.8) is 0 Å². The first kappa shape index (κ1) is 17.4. The van der Waals surface area contributed by atoms with Crippen molar-refractivity contribution in [1.82, 2.24) is 20.8 Å². The molecule has 21 heavy (non-hydrogen) atoms. The number of amides is 2. The number of aliphatic hydroxyl groups excluding tert-OH is 1. The molecule has 0 saturated heterocycles. The molecule has 1 heterocycles. The van der Waals surface area contributed by atoms with Crippen LogP contribution in [0.25, 0.3) is 0 Å². The zero-order valence-electron chi connectivity index (χ0n) is 13.4. The summed E-state index contributed by atoms with van der Waals surface area (Å²) in [5.41, 5.74) is -0.260. The number of carbonyl (C=O) groups excluding carboxylic acids is 1. The number of carbonyl (C=O) groups is 1. The van der Waals surface area contributed by atoms with E-state index in [4.69, 9.17) is 4.52 Å². The van der Waals surface area contributed by atoms with Crippen molar-refractivity contribution < 1.29 is 14.4 Å². The topological polar surface area (TPSA) is 100 Å². The standard InChI is InChI=1S/C14H26N4O3/c1-9(2)12-17-11(21-18-12)6-7-15-13(20)16-8-10(19)14(3,4)5/h9-10,19H,6-8H2,1-5H3,(H2,15,16,20). The van der Waals surface area contributed by atoms with E-state index in [0.29, 0.717) is 24.7 Å². The maximum atomic E-state index is 11.6. The van der Waals surface area contributed by atoms with Crippen LogP contribution in [0.1, 0.15) is 52.3 Å². The van der Waals surface area contributed by atoms with Crippen molar-refractivity contribution in [3.05, 3.63) is 11.7 Å². The van der Waals surface area contributed by atoms with Crippen molar-refractivity contribution in [1.29, 1.82) is 0 Å². The number of nitrogens with one attached hydrogen (secondary N) is 2. The molecule has 0 aromatic carbocycles. The minimum absolute atomic E-state index is 0.216. The first-order valence-electron chi connectivity index (χ1n) is 7.22. The van der Waals surface area contributed by atoms with Gasteiger partial charge in [-0.2, -0.15) is 4.98 Å². The predicted molar refractivity (Wildman–Crippen MR) is 79.0 cm³/mol. The molecular formula is C14H26N4O3. The highest BCUT2D eigenvalue weighted by molar-refractivity contribution is 5.73. The average molecular weight is 298 g/mol. The fraction of sp³-hybridized carbons (Fsp3) is 0.786. The summed E-state index contributed by atoms with van der Waals surface area (Å²) in [4.78, 5) is 15.8. The molecule has 0 fully saturated rings. The second-order valence-corrected chi connectivity index (χ2v) is 6.47. The Morgan fingerprint density at radius 1 is 1.33 bits per heavy atom. The molecule has 1 unspecified atom stereocenters. The van der Waals surface area contributed by atoms with Gasteiger partial charge in [0.25, 0.3) is 0 Å². The number of hydrogen-bond acceptors (Lipinski definition) is 5. The van der Waals surface area contributed by atoms with Crippen LogP contribution in [-0.4, -0.2) is 40.5 Å². The summed E-state index contributed by atoms with van der Waals surface area (Å²) in [5, 5.41) is 19.0. The van der Waals surface area contributed by atoms with Crippen molar-refractivity contribution >= 4 is 6.03 Å². The van der Waals surface area contributed by atoms with Gasteiger partial charge >= 0.3 is 6.03 Å². The zero-order valence-corrected chi connectivity index (χ0v) is 13.4. The Hall–Kier alpha value is -1.63.